The maximum atomic E-state index is 6.19. The summed E-state index contributed by atoms with van der Waals surface area (Å²) in [4.78, 5) is 0. The van der Waals surface area contributed by atoms with E-state index in [1.54, 1.807) is 0 Å². The van der Waals surface area contributed by atoms with Crippen LogP contribution in [0.3, 0.4) is 0 Å². The van der Waals surface area contributed by atoms with Crippen molar-refractivity contribution >= 4 is 0 Å². The molecule has 0 aromatic rings. The van der Waals surface area contributed by atoms with Crippen LogP contribution in [0.1, 0.15) is 47.0 Å². The Morgan fingerprint density at radius 3 is 2.88 bits per heavy atom. The van der Waals surface area contributed by atoms with Crippen LogP contribution in [0.15, 0.2) is 23.3 Å². The summed E-state index contributed by atoms with van der Waals surface area (Å²) in [5.74, 6) is 1.55. The van der Waals surface area contributed by atoms with E-state index >= 15 is 0 Å². The first-order valence-corrected chi connectivity index (χ1v) is 6.54. The van der Waals surface area contributed by atoms with Crippen molar-refractivity contribution in [3.8, 4) is 0 Å². The summed E-state index contributed by atoms with van der Waals surface area (Å²) in [6.07, 6.45) is 9.12. The zero-order valence-corrected chi connectivity index (χ0v) is 11.0. The molecule has 1 heteroatoms. The van der Waals surface area contributed by atoms with Crippen molar-refractivity contribution in [2.24, 2.45) is 11.8 Å². The van der Waals surface area contributed by atoms with Gasteiger partial charge >= 0.3 is 0 Å². The molecule has 1 aliphatic heterocycles. The fourth-order valence-electron chi connectivity index (χ4n) is 3.07. The molecule has 0 bridgehead atoms. The molecule has 0 radical (unpaired) electrons. The highest BCUT2D eigenvalue weighted by Gasteiger charge is 2.35. The highest BCUT2D eigenvalue weighted by Crippen LogP contribution is 2.38. The van der Waals surface area contributed by atoms with Crippen molar-refractivity contribution in [2.75, 3.05) is 0 Å². The van der Waals surface area contributed by atoms with Gasteiger partial charge in [-0.1, -0.05) is 30.2 Å². The Morgan fingerprint density at radius 2 is 2.19 bits per heavy atom. The number of hydrogen-bond acceptors (Lipinski definition) is 1. The van der Waals surface area contributed by atoms with Crippen molar-refractivity contribution < 1.29 is 4.74 Å². The maximum Gasteiger partial charge on any atom is 0.0797 e. The molecule has 16 heavy (non-hydrogen) atoms. The second kappa shape index (κ2) is 4.75. The Balaban J connectivity index is 2.11. The van der Waals surface area contributed by atoms with E-state index in [-0.39, 0.29) is 0 Å². The molecule has 0 aromatic heterocycles. The predicted molar refractivity (Wildman–Crippen MR) is 68.4 cm³/mol. The summed E-state index contributed by atoms with van der Waals surface area (Å²) in [6.45, 7) is 8.93. The molecule has 0 N–H and O–H groups in total. The van der Waals surface area contributed by atoms with Crippen LogP contribution in [-0.4, -0.2) is 12.2 Å². The molecule has 4 atom stereocenters. The maximum absolute atomic E-state index is 6.19. The smallest absolute Gasteiger partial charge is 0.0797 e. The van der Waals surface area contributed by atoms with Gasteiger partial charge in [0.15, 0.2) is 0 Å². The summed E-state index contributed by atoms with van der Waals surface area (Å²) in [7, 11) is 0. The third-order valence-electron chi connectivity index (χ3n) is 3.93. The van der Waals surface area contributed by atoms with E-state index in [1.165, 1.54) is 30.4 Å². The Hall–Kier alpha value is -0.560. The topological polar surface area (TPSA) is 9.23 Å². The van der Waals surface area contributed by atoms with Crippen LogP contribution in [-0.2, 0) is 4.74 Å². The zero-order valence-electron chi connectivity index (χ0n) is 11.0. The number of hydrogen-bond donors (Lipinski definition) is 0. The van der Waals surface area contributed by atoms with Gasteiger partial charge < -0.3 is 4.74 Å². The minimum absolute atomic E-state index is 0.336. The lowest BCUT2D eigenvalue weighted by molar-refractivity contribution is -0.0674. The van der Waals surface area contributed by atoms with Crippen LogP contribution < -0.4 is 0 Å². The summed E-state index contributed by atoms with van der Waals surface area (Å²) in [5.41, 5.74) is 2.87. The Kier molecular flexibility index (Phi) is 3.53. The van der Waals surface area contributed by atoms with Gasteiger partial charge in [0.2, 0.25) is 0 Å². The lowest BCUT2D eigenvalue weighted by Crippen LogP contribution is -2.40. The largest absolute Gasteiger partial charge is 0.367 e. The van der Waals surface area contributed by atoms with E-state index < -0.39 is 0 Å². The summed E-state index contributed by atoms with van der Waals surface area (Å²) in [5, 5.41) is 0. The van der Waals surface area contributed by atoms with Crippen molar-refractivity contribution in [2.45, 2.75) is 59.2 Å². The standard InChI is InChI=1S/C15H24O/c1-10(2)7-13-9-12(4)14-6-5-11(3)8-15(14)16-13/h7-8,12-15H,5-6,9H2,1-4H3/t12-,13+,14-,15-/m0/s1. The van der Waals surface area contributed by atoms with Crippen LogP contribution in [0.25, 0.3) is 0 Å². The van der Waals surface area contributed by atoms with E-state index in [0.717, 1.165) is 11.8 Å². The normalized spacial score (nSPS) is 38.6. The van der Waals surface area contributed by atoms with E-state index in [2.05, 4.69) is 39.8 Å². The molecule has 1 heterocycles. The second-order valence-electron chi connectivity index (χ2n) is 5.81. The lowest BCUT2D eigenvalue weighted by atomic mass is 9.75. The van der Waals surface area contributed by atoms with Crippen molar-refractivity contribution in [3.05, 3.63) is 23.3 Å². The van der Waals surface area contributed by atoms with Crippen LogP contribution in [0.4, 0.5) is 0 Å². The first-order chi connectivity index (χ1) is 7.56. The number of ether oxygens (including phenoxy) is 1. The van der Waals surface area contributed by atoms with Gasteiger partial charge in [0.1, 0.15) is 0 Å². The fourth-order valence-corrected chi connectivity index (χ4v) is 3.07. The quantitative estimate of drug-likeness (QED) is 0.604. The predicted octanol–water partition coefficient (Wildman–Crippen LogP) is 4.10. The van der Waals surface area contributed by atoms with Crippen LogP contribution in [0, 0.1) is 11.8 Å². The Morgan fingerprint density at radius 1 is 1.44 bits per heavy atom. The molecular formula is C15H24O. The zero-order chi connectivity index (χ0) is 11.7. The highest BCUT2D eigenvalue weighted by molar-refractivity contribution is 5.12. The van der Waals surface area contributed by atoms with Gasteiger partial charge in [-0.3, -0.25) is 0 Å². The molecule has 0 unspecified atom stereocenters. The van der Waals surface area contributed by atoms with Gasteiger partial charge in [-0.2, -0.15) is 0 Å². The van der Waals surface area contributed by atoms with Crippen LogP contribution in [0.5, 0.6) is 0 Å². The summed E-state index contributed by atoms with van der Waals surface area (Å²) >= 11 is 0. The molecule has 1 aliphatic carbocycles. The average Bonchev–Trinajstić information content (AvgIpc) is 2.15. The molecule has 0 spiro atoms. The van der Waals surface area contributed by atoms with E-state index in [4.69, 9.17) is 4.74 Å². The number of allylic oxidation sites excluding steroid dienone is 2. The SMILES string of the molecule is CC(C)=C[C@@H]1C[C@H](C)[C@@H]2CCC(C)=C[C@@H]2O1. The van der Waals surface area contributed by atoms with Crippen LogP contribution >= 0.6 is 0 Å². The van der Waals surface area contributed by atoms with Crippen molar-refractivity contribution in [1.29, 1.82) is 0 Å². The van der Waals surface area contributed by atoms with Crippen molar-refractivity contribution in [3.63, 3.8) is 0 Å². The molecule has 0 saturated carbocycles. The van der Waals surface area contributed by atoms with Gasteiger partial charge in [0, 0.05) is 0 Å². The molecule has 0 amide bonds. The highest BCUT2D eigenvalue weighted by atomic mass is 16.5. The third-order valence-corrected chi connectivity index (χ3v) is 3.93. The van der Waals surface area contributed by atoms with Gasteiger partial charge in [-0.05, 0) is 51.9 Å². The molecular weight excluding hydrogens is 196 g/mol. The Bertz CT molecular complexity index is 309. The minimum Gasteiger partial charge on any atom is -0.367 e. The fraction of sp³-hybridized carbons (Fsp3) is 0.733. The first kappa shape index (κ1) is 11.9. The molecule has 0 aromatic carbocycles. The minimum atomic E-state index is 0.336. The summed E-state index contributed by atoms with van der Waals surface area (Å²) in [6, 6.07) is 0. The summed E-state index contributed by atoms with van der Waals surface area (Å²) < 4.78 is 6.19. The molecule has 90 valence electrons. The van der Waals surface area contributed by atoms with Gasteiger partial charge in [0.05, 0.1) is 12.2 Å². The molecule has 1 fully saturated rings. The van der Waals surface area contributed by atoms with E-state index in [1.807, 2.05) is 0 Å². The van der Waals surface area contributed by atoms with Gasteiger partial charge in [0.25, 0.3) is 0 Å². The average molecular weight is 220 g/mol. The molecule has 1 nitrogen and oxygen atoms in total. The van der Waals surface area contributed by atoms with E-state index in [0.29, 0.717) is 12.2 Å². The van der Waals surface area contributed by atoms with Gasteiger partial charge in [-0.25, -0.2) is 0 Å². The lowest BCUT2D eigenvalue weighted by Gasteiger charge is -2.41. The number of rotatable bonds is 1. The molecule has 1 saturated heterocycles. The second-order valence-corrected chi connectivity index (χ2v) is 5.81. The Labute approximate surface area is 99.6 Å². The number of fused-ring (bicyclic) bond motifs is 1. The monoisotopic (exact) mass is 220 g/mol. The van der Waals surface area contributed by atoms with Gasteiger partial charge in [-0.15, -0.1) is 0 Å². The van der Waals surface area contributed by atoms with Crippen molar-refractivity contribution in [1.82, 2.24) is 0 Å². The molecule has 2 rings (SSSR count). The van der Waals surface area contributed by atoms with Crippen LogP contribution in [0.2, 0.25) is 0 Å². The van der Waals surface area contributed by atoms with E-state index in [9.17, 15) is 0 Å². The third kappa shape index (κ3) is 2.57. The molecule has 2 aliphatic rings. The first-order valence-electron chi connectivity index (χ1n) is 6.54.